The Hall–Kier alpha value is -4.68. The molecule has 0 unspecified atom stereocenters. The van der Waals surface area contributed by atoms with E-state index in [2.05, 4.69) is 10.3 Å². The van der Waals surface area contributed by atoms with Crippen molar-refractivity contribution >= 4 is 56.7 Å². The molecular formula is C26H25N5O7. The molecule has 1 aliphatic rings. The van der Waals surface area contributed by atoms with E-state index in [4.69, 9.17) is 15.2 Å². The van der Waals surface area contributed by atoms with Gasteiger partial charge in [-0.25, -0.2) is 0 Å². The molecule has 5 rings (SSSR count). The van der Waals surface area contributed by atoms with Crippen LogP contribution in [-0.2, 0) is 30.4 Å². The van der Waals surface area contributed by atoms with E-state index in [1.165, 1.54) is 22.6 Å². The minimum Gasteiger partial charge on any atom is -0.468 e. The van der Waals surface area contributed by atoms with Crippen molar-refractivity contribution in [3.8, 4) is 0 Å². The Morgan fingerprint density at radius 1 is 1.18 bits per heavy atom. The molecule has 2 aromatic carbocycles. The summed E-state index contributed by atoms with van der Waals surface area (Å²) in [5, 5.41) is 15.6. The number of nitrogens with two attached hydrogens (primary N) is 1. The fraction of sp³-hybridized carbons (Fsp3) is 0.231. The number of ether oxygens (including phenoxy) is 2. The van der Waals surface area contributed by atoms with Gasteiger partial charge in [0.2, 0.25) is 0 Å². The summed E-state index contributed by atoms with van der Waals surface area (Å²) in [5.41, 5.74) is 6.70. The van der Waals surface area contributed by atoms with Crippen LogP contribution in [0.3, 0.4) is 0 Å². The average Bonchev–Trinajstić information content (AvgIpc) is 3.29. The highest BCUT2D eigenvalue weighted by molar-refractivity contribution is 6.05. The molecule has 0 saturated carbocycles. The highest BCUT2D eigenvalue weighted by Gasteiger charge is 2.39. The van der Waals surface area contributed by atoms with Gasteiger partial charge in [-0.05, 0) is 41.8 Å². The highest BCUT2D eigenvalue weighted by atomic mass is 16.5. The minimum absolute atomic E-state index is 0.0666. The van der Waals surface area contributed by atoms with E-state index in [1.54, 1.807) is 48.7 Å². The number of aromatic amines is 1. The Labute approximate surface area is 215 Å². The molecule has 1 aliphatic heterocycles. The van der Waals surface area contributed by atoms with Crippen LogP contribution in [0.5, 0.6) is 0 Å². The molecule has 4 aromatic rings. The quantitative estimate of drug-likeness (QED) is 0.273. The number of morpholine rings is 1. The number of esters is 1. The number of carbonyl (C=O) groups is 3. The van der Waals surface area contributed by atoms with Gasteiger partial charge in [0, 0.05) is 41.0 Å². The molecule has 0 spiro atoms. The SMILES string of the molecule is COC(=O)Cn1c(=O)ccc2ccc(N3CCO[C@H]([C@@H](O)C(=O)Nc4ccc5c(N)[nH]cc5c4)C3=O)cc21. The number of aliphatic hydroxyl groups excluding tert-OH is 1. The molecule has 196 valence electrons. The van der Waals surface area contributed by atoms with Crippen molar-refractivity contribution < 1.29 is 29.0 Å². The fourth-order valence-electron chi connectivity index (χ4n) is 4.48. The molecule has 2 amide bonds. The zero-order valence-electron chi connectivity index (χ0n) is 20.3. The van der Waals surface area contributed by atoms with Gasteiger partial charge in [-0.2, -0.15) is 0 Å². The van der Waals surface area contributed by atoms with Crippen molar-refractivity contribution in [3.05, 3.63) is 65.1 Å². The van der Waals surface area contributed by atoms with Gasteiger partial charge in [0.25, 0.3) is 17.4 Å². The van der Waals surface area contributed by atoms with Crippen LogP contribution >= 0.6 is 0 Å². The molecular weight excluding hydrogens is 494 g/mol. The number of rotatable bonds is 6. The molecule has 38 heavy (non-hydrogen) atoms. The van der Waals surface area contributed by atoms with Crippen LogP contribution in [-0.4, -0.2) is 64.9 Å². The Morgan fingerprint density at radius 2 is 1.97 bits per heavy atom. The van der Waals surface area contributed by atoms with Gasteiger partial charge >= 0.3 is 5.97 Å². The van der Waals surface area contributed by atoms with Crippen molar-refractivity contribution in [1.82, 2.24) is 9.55 Å². The standard InChI is InChI=1S/C26H25N5O7/c1-37-21(33)13-31-19-11-17(5-2-14(19)3-7-20(31)32)30-8-9-38-23(26(30)36)22(34)25(35)29-16-4-6-18-15(10-16)12-28-24(18)27/h2-7,10-12,22-23,28,34H,8-9,13,27H2,1H3,(H,29,35)/t22-,23-/m1/s1. The van der Waals surface area contributed by atoms with Crippen LogP contribution in [0.1, 0.15) is 0 Å². The van der Waals surface area contributed by atoms with Crippen molar-refractivity contribution in [2.24, 2.45) is 0 Å². The molecule has 0 radical (unpaired) electrons. The van der Waals surface area contributed by atoms with Crippen LogP contribution in [0.2, 0.25) is 0 Å². The van der Waals surface area contributed by atoms with Gasteiger partial charge in [-0.1, -0.05) is 6.07 Å². The number of amides is 2. The van der Waals surface area contributed by atoms with Crippen molar-refractivity contribution in [3.63, 3.8) is 0 Å². The fourth-order valence-corrected chi connectivity index (χ4v) is 4.48. The van der Waals surface area contributed by atoms with E-state index >= 15 is 0 Å². The number of nitrogen functional groups attached to an aromatic ring is 1. The van der Waals surface area contributed by atoms with E-state index in [-0.39, 0.29) is 19.7 Å². The van der Waals surface area contributed by atoms with Gasteiger partial charge in [-0.3, -0.25) is 23.7 Å². The lowest BCUT2D eigenvalue weighted by Crippen LogP contribution is -2.55. The second-order valence-electron chi connectivity index (χ2n) is 8.80. The Balaban J connectivity index is 1.37. The Bertz CT molecular complexity index is 1630. The summed E-state index contributed by atoms with van der Waals surface area (Å²) in [6, 6.07) is 13.0. The number of pyridine rings is 1. The normalized spacial score (nSPS) is 16.5. The zero-order valence-corrected chi connectivity index (χ0v) is 20.3. The minimum atomic E-state index is -1.78. The van der Waals surface area contributed by atoms with Crippen molar-refractivity contribution in [1.29, 1.82) is 0 Å². The summed E-state index contributed by atoms with van der Waals surface area (Å²) in [6.45, 7) is -0.0677. The predicted molar refractivity (Wildman–Crippen MR) is 140 cm³/mol. The Kier molecular flexibility index (Phi) is 6.57. The maximum Gasteiger partial charge on any atom is 0.325 e. The van der Waals surface area contributed by atoms with E-state index in [9.17, 15) is 24.3 Å². The third-order valence-electron chi connectivity index (χ3n) is 6.47. The number of hydrogen-bond acceptors (Lipinski definition) is 8. The van der Waals surface area contributed by atoms with Crippen molar-refractivity contribution in [2.45, 2.75) is 18.8 Å². The number of fused-ring (bicyclic) bond motifs is 2. The third-order valence-corrected chi connectivity index (χ3v) is 6.47. The number of aromatic nitrogens is 2. The molecule has 12 nitrogen and oxygen atoms in total. The molecule has 1 saturated heterocycles. The number of nitrogens with zero attached hydrogens (tertiary/aromatic N) is 2. The van der Waals surface area contributed by atoms with Crippen LogP contribution < -0.4 is 21.5 Å². The van der Waals surface area contributed by atoms with Gasteiger partial charge in [0.15, 0.2) is 12.2 Å². The van der Waals surface area contributed by atoms with Gasteiger partial charge in [-0.15, -0.1) is 0 Å². The van der Waals surface area contributed by atoms with E-state index in [1.807, 2.05) is 0 Å². The molecule has 0 bridgehead atoms. The number of anilines is 3. The van der Waals surface area contributed by atoms with Crippen LogP contribution in [0.25, 0.3) is 21.7 Å². The first-order valence-electron chi connectivity index (χ1n) is 11.8. The Morgan fingerprint density at radius 3 is 2.76 bits per heavy atom. The predicted octanol–water partition coefficient (Wildman–Crippen LogP) is 0.969. The number of aliphatic hydroxyl groups is 1. The monoisotopic (exact) mass is 519 g/mol. The molecule has 5 N–H and O–H groups in total. The summed E-state index contributed by atoms with van der Waals surface area (Å²) in [5.74, 6) is -1.53. The first-order valence-corrected chi connectivity index (χ1v) is 11.8. The number of benzene rings is 2. The lowest BCUT2D eigenvalue weighted by molar-refractivity contribution is -0.150. The number of H-pyrrole nitrogens is 1. The summed E-state index contributed by atoms with van der Waals surface area (Å²) >= 11 is 0. The summed E-state index contributed by atoms with van der Waals surface area (Å²) < 4.78 is 11.4. The smallest absolute Gasteiger partial charge is 0.325 e. The largest absolute Gasteiger partial charge is 0.468 e. The summed E-state index contributed by atoms with van der Waals surface area (Å²) in [6.07, 6.45) is -1.54. The number of carbonyl (C=O) groups excluding carboxylic acids is 3. The zero-order chi connectivity index (χ0) is 27.0. The van der Waals surface area contributed by atoms with Gasteiger partial charge in [0.1, 0.15) is 12.4 Å². The van der Waals surface area contributed by atoms with E-state index < -0.39 is 35.6 Å². The van der Waals surface area contributed by atoms with Gasteiger partial charge < -0.3 is 35.5 Å². The summed E-state index contributed by atoms with van der Waals surface area (Å²) in [7, 11) is 1.23. The summed E-state index contributed by atoms with van der Waals surface area (Å²) in [4.78, 5) is 54.7. The first-order chi connectivity index (χ1) is 18.3. The number of nitrogens with one attached hydrogen (secondary N) is 2. The van der Waals surface area contributed by atoms with E-state index in [0.717, 1.165) is 10.8 Å². The van der Waals surface area contributed by atoms with Crippen LogP contribution in [0.4, 0.5) is 17.2 Å². The second-order valence-corrected chi connectivity index (χ2v) is 8.80. The number of methoxy groups -OCH3 is 1. The lowest BCUT2D eigenvalue weighted by Gasteiger charge is -2.34. The second kappa shape index (κ2) is 10.00. The molecule has 12 heteroatoms. The number of hydrogen-bond donors (Lipinski definition) is 4. The maximum atomic E-state index is 13.3. The third kappa shape index (κ3) is 4.58. The lowest BCUT2D eigenvalue weighted by atomic mass is 10.1. The molecule has 2 atom stereocenters. The first kappa shape index (κ1) is 25.0. The topological polar surface area (TPSA) is 169 Å². The molecule has 3 heterocycles. The van der Waals surface area contributed by atoms with Crippen molar-refractivity contribution in [2.75, 3.05) is 36.2 Å². The maximum absolute atomic E-state index is 13.3. The molecule has 0 aliphatic carbocycles. The molecule has 2 aromatic heterocycles. The highest BCUT2D eigenvalue weighted by Crippen LogP contribution is 2.26. The van der Waals surface area contributed by atoms with Crippen LogP contribution in [0, 0.1) is 0 Å². The average molecular weight is 520 g/mol. The van der Waals surface area contributed by atoms with Crippen LogP contribution in [0.15, 0.2) is 59.5 Å². The van der Waals surface area contributed by atoms with Gasteiger partial charge in [0.05, 0.1) is 19.2 Å². The van der Waals surface area contributed by atoms with E-state index in [0.29, 0.717) is 28.1 Å². The molecule has 1 fully saturated rings.